The lowest BCUT2D eigenvalue weighted by Crippen LogP contribution is -2.40. The minimum absolute atomic E-state index is 0.289. The third kappa shape index (κ3) is 7.43. The van der Waals surface area contributed by atoms with E-state index in [0.29, 0.717) is 0 Å². The second kappa shape index (κ2) is 10.8. The summed E-state index contributed by atoms with van der Waals surface area (Å²) in [5, 5.41) is 21.5. The lowest BCUT2D eigenvalue weighted by molar-refractivity contribution is 0.0672. The predicted octanol–water partition coefficient (Wildman–Crippen LogP) is 1.94. The first-order chi connectivity index (χ1) is 13.3. The zero-order valence-electron chi connectivity index (χ0n) is 18.4. The number of nitrogens with zero attached hydrogens (tertiary/aromatic N) is 4. The van der Waals surface area contributed by atoms with Crippen LogP contribution in [0.3, 0.4) is 0 Å². The molecule has 7 nitrogen and oxygen atoms in total. The van der Waals surface area contributed by atoms with Crippen LogP contribution < -0.4 is 10.6 Å². The van der Waals surface area contributed by atoms with Gasteiger partial charge in [-0.2, -0.15) is 5.10 Å². The van der Waals surface area contributed by atoms with Crippen molar-refractivity contribution in [3.8, 4) is 0 Å². The Kier molecular flexibility index (Phi) is 8.76. The van der Waals surface area contributed by atoms with Crippen LogP contribution >= 0.6 is 0 Å². The highest BCUT2D eigenvalue weighted by molar-refractivity contribution is 5.79. The predicted molar refractivity (Wildman–Crippen MR) is 115 cm³/mol. The van der Waals surface area contributed by atoms with Gasteiger partial charge in [-0.1, -0.05) is 13.8 Å². The average molecular weight is 393 g/mol. The number of aliphatic imine (C=N–C) groups is 1. The second-order valence-corrected chi connectivity index (χ2v) is 8.71. The molecule has 1 aliphatic heterocycles. The quantitative estimate of drug-likeness (QED) is 0.340. The molecular formula is C21H40N6O. The SMILES string of the molecule is CCNC(=NCC(C)(O)c1cnn(C)c1)NCCCCN1CC(C)CC(C)C1. The molecule has 0 amide bonds. The summed E-state index contributed by atoms with van der Waals surface area (Å²) in [5.74, 6) is 2.40. The summed E-state index contributed by atoms with van der Waals surface area (Å²) in [6, 6.07) is 0. The molecule has 28 heavy (non-hydrogen) atoms. The van der Waals surface area contributed by atoms with E-state index in [9.17, 15) is 5.11 Å². The molecule has 1 aliphatic rings. The summed E-state index contributed by atoms with van der Waals surface area (Å²) in [5.41, 5.74) is -0.252. The Morgan fingerprint density at radius 1 is 1.29 bits per heavy atom. The normalized spacial score (nSPS) is 23.4. The standard InChI is InChI=1S/C21H40N6O/c1-6-22-20(24-16-21(4,28)19-12-25-26(5)15-19)23-9-7-8-10-27-13-17(2)11-18(3)14-27/h12,15,17-18,28H,6-11,13-14,16H2,1-5H3,(H2,22,23,24). The van der Waals surface area contributed by atoms with E-state index in [1.807, 2.05) is 13.2 Å². The van der Waals surface area contributed by atoms with Gasteiger partial charge in [-0.3, -0.25) is 4.68 Å². The number of guanidine groups is 1. The molecule has 2 rings (SSSR count). The molecule has 0 aromatic carbocycles. The zero-order valence-corrected chi connectivity index (χ0v) is 18.4. The third-order valence-corrected chi connectivity index (χ3v) is 5.35. The van der Waals surface area contributed by atoms with Crippen molar-refractivity contribution in [2.45, 2.75) is 52.6 Å². The van der Waals surface area contributed by atoms with Gasteiger partial charge in [-0.25, -0.2) is 4.99 Å². The number of unbranched alkanes of at least 4 members (excludes halogenated alkanes) is 1. The Bertz CT molecular complexity index is 602. The summed E-state index contributed by atoms with van der Waals surface area (Å²) >= 11 is 0. The molecule has 0 radical (unpaired) electrons. The van der Waals surface area contributed by atoms with E-state index >= 15 is 0 Å². The number of hydrogen-bond acceptors (Lipinski definition) is 4. The van der Waals surface area contributed by atoms with Crippen LogP contribution in [-0.2, 0) is 12.6 Å². The number of nitrogens with one attached hydrogen (secondary N) is 2. The molecule has 7 heteroatoms. The smallest absolute Gasteiger partial charge is 0.191 e. The monoisotopic (exact) mass is 392 g/mol. The topological polar surface area (TPSA) is 77.7 Å². The molecule has 0 spiro atoms. The van der Waals surface area contributed by atoms with Crippen LogP contribution in [0.25, 0.3) is 0 Å². The number of aromatic nitrogens is 2. The number of hydrogen-bond donors (Lipinski definition) is 3. The fourth-order valence-electron chi connectivity index (χ4n) is 4.01. The largest absolute Gasteiger partial charge is 0.383 e. The fourth-order valence-corrected chi connectivity index (χ4v) is 4.01. The minimum atomic E-state index is -1.03. The van der Waals surface area contributed by atoms with Gasteiger partial charge >= 0.3 is 0 Å². The molecule has 3 N–H and O–H groups in total. The van der Waals surface area contributed by atoms with Gasteiger partial charge in [0.15, 0.2) is 5.96 Å². The Hall–Kier alpha value is -1.60. The van der Waals surface area contributed by atoms with E-state index in [2.05, 4.69) is 46.4 Å². The van der Waals surface area contributed by atoms with Crippen molar-refractivity contribution in [1.82, 2.24) is 25.3 Å². The van der Waals surface area contributed by atoms with Gasteiger partial charge in [-0.05, 0) is 51.5 Å². The van der Waals surface area contributed by atoms with Crippen LogP contribution in [0.2, 0.25) is 0 Å². The van der Waals surface area contributed by atoms with Crippen molar-refractivity contribution < 1.29 is 5.11 Å². The minimum Gasteiger partial charge on any atom is -0.383 e. The fraction of sp³-hybridized carbons (Fsp3) is 0.810. The first-order valence-corrected chi connectivity index (χ1v) is 10.8. The molecular weight excluding hydrogens is 352 g/mol. The van der Waals surface area contributed by atoms with Crippen LogP contribution in [0.1, 0.15) is 52.5 Å². The van der Waals surface area contributed by atoms with Crippen molar-refractivity contribution in [1.29, 1.82) is 0 Å². The number of aliphatic hydroxyl groups is 1. The van der Waals surface area contributed by atoms with E-state index in [-0.39, 0.29) is 6.54 Å². The van der Waals surface area contributed by atoms with Crippen molar-refractivity contribution in [2.75, 3.05) is 39.3 Å². The molecule has 1 aromatic heterocycles. The van der Waals surface area contributed by atoms with Gasteiger partial charge in [0, 0.05) is 45.0 Å². The Balaban J connectivity index is 1.73. The number of aryl methyl sites for hydroxylation is 1. The molecule has 1 fully saturated rings. The molecule has 0 bridgehead atoms. The Morgan fingerprint density at radius 2 is 2.00 bits per heavy atom. The lowest BCUT2D eigenvalue weighted by Gasteiger charge is -2.34. The number of rotatable bonds is 9. The van der Waals surface area contributed by atoms with Crippen LogP contribution in [-0.4, -0.2) is 65.0 Å². The summed E-state index contributed by atoms with van der Waals surface area (Å²) in [6.45, 7) is 14.2. The first kappa shape index (κ1) is 22.7. The van der Waals surface area contributed by atoms with Crippen LogP contribution in [0.4, 0.5) is 0 Å². The summed E-state index contributed by atoms with van der Waals surface area (Å²) < 4.78 is 1.70. The van der Waals surface area contributed by atoms with E-state index in [1.54, 1.807) is 17.8 Å². The number of likely N-dealkylation sites (tertiary alicyclic amines) is 1. The highest BCUT2D eigenvalue weighted by Gasteiger charge is 2.24. The van der Waals surface area contributed by atoms with Gasteiger partial charge in [0.05, 0.1) is 12.7 Å². The van der Waals surface area contributed by atoms with Gasteiger partial charge in [0.2, 0.25) is 0 Å². The maximum absolute atomic E-state index is 10.7. The lowest BCUT2D eigenvalue weighted by atomic mass is 9.92. The van der Waals surface area contributed by atoms with E-state index in [4.69, 9.17) is 0 Å². The Labute approximate surface area is 170 Å². The highest BCUT2D eigenvalue weighted by atomic mass is 16.3. The van der Waals surface area contributed by atoms with Gasteiger partial charge in [0.1, 0.15) is 5.60 Å². The van der Waals surface area contributed by atoms with Crippen molar-refractivity contribution >= 4 is 5.96 Å². The van der Waals surface area contributed by atoms with E-state index < -0.39 is 5.60 Å². The first-order valence-electron chi connectivity index (χ1n) is 10.8. The van der Waals surface area contributed by atoms with Gasteiger partial charge in [0.25, 0.3) is 0 Å². The Morgan fingerprint density at radius 3 is 2.61 bits per heavy atom. The highest BCUT2D eigenvalue weighted by Crippen LogP contribution is 2.21. The maximum Gasteiger partial charge on any atom is 0.191 e. The van der Waals surface area contributed by atoms with Crippen LogP contribution in [0.5, 0.6) is 0 Å². The third-order valence-electron chi connectivity index (χ3n) is 5.35. The van der Waals surface area contributed by atoms with Gasteiger partial charge in [-0.15, -0.1) is 0 Å². The molecule has 0 aliphatic carbocycles. The maximum atomic E-state index is 10.7. The summed E-state index contributed by atoms with van der Waals surface area (Å²) in [7, 11) is 1.85. The van der Waals surface area contributed by atoms with Gasteiger partial charge < -0.3 is 20.6 Å². The molecule has 1 aromatic rings. The van der Waals surface area contributed by atoms with Crippen molar-refractivity contribution in [3.05, 3.63) is 18.0 Å². The van der Waals surface area contributed by atoms with Crippen LogP contribution in [0.15, 0.2) is 17.4 Å². The van der Waals surface area contributed by atoms with Crippen molar-refractivity contribution in [2.24, 2.45) is 23.9 Å². The zero-order chi connectivity index (χ0) is 20.6. The molecule has 3 atom stereocenters. The molecule has 2 heterocycles. The molecule has 160 valence electrons. The van der Waals surface area contributed by atoms with E-state index in [0.717, 1.165) is 42.9 Å². The summed E-state index contributed by atoms with van der Waals surface area (Å²) in [4.78, 5) is 7.19. The number of piperidine rings is 1. The molecule has 3 unspecified atom stereocenters. The van der Waals surface area contributed by atoms with Crippen molar-refractivity contribution in [3.63, 3.8) is 0 Å². The second-order valence-electron chi connectivity index (χ2n) is 8.71. The average Bonchev–Trinajstić information content (AvgIpc) is 3.06. The van der Waals surface area contributed by atoms with E-state index in [1.165, 1.54) is 32.5 Å². The van der Waals surface area contributed by atoms with Crippen LogP contribution in [0, 0.1) is 11.8 Å². The molecule has 0 saturated carbocycles. The molecule has 1 saturated heterocycles. The summed E-state index contributed by atoms with van der Waals surface area (Å²) in [6.07, 6.45) is 7.20.